The third-order valence-electron chi connectivity index (χ3n) is 1.71. The van der Waals surface area contributed by atoms with Gasteiger partial charge in [-0.25, -0.2) is 0 Å². The second-order valence-corrected chi connectivity index (χ2v) is 3.77. The molecular weight excluding hydrogens is 150 g/mol. The highest BCUT2D eigenvalue weighted by atomic mass is 27.0. The topological polar surface area (TPSA) is 0 Å². The molecule has 0 fully saturated rings. The highest BCUT2D eigenvalue weighted by Crippen LogP contribution is 2.05. The van der Waals surface area contributed by atoms with Gasteiger partial charge in [0.25, 0.3) is 0 Å². The molecule has 0 aliphatic heterocycles. The summed E-state index contributed by atoms with van der Waals surface area (Å²) in [7, 11) is 0. The Hall–Kier alpha value is 1.06. The molecule has 0 aliphatic rings. The van der Waals surface area contributed by atoms with Crippen LogP contribution in [-0.2, 0) is 0 Å². The molecule has 0 aromatic rings. The van der Waals surface area contributed by atoms with Gasteiger partial charge in [-0.2, -0.15) is 0 Å². The van der Waals surface area contributed by atoms with Crippen LogP contribution in [0.4, 0.5) is 0 Å². The summed E-state index contributed by atoms with van der Waals surface area (Å²) in [5, 5.41) is 1.51. The van der Waals surface area contributed by atoms with Crippen LogP contribution < -0.4 is 0 Å². The van der Waals surface area contributed by atoms with E-state index in [0.717, 1.165) is 0 Å². The highest BCUT2D eigenvalue weighted by Gasteiger charge is 1.85. The molecule has 0 spiro atoms. The lowest BCUT2D eigenvalue weighted by Crippen LogP contribution is -1.77. The molecule has 2 heteroatoms. The summed E-state index contributed by atoms with van der Waals surface area (Å²) in [6.07, 6.45) is 8.76. The minimum Gasteiger partial charge on any atom is -0.101 e. The molecule has 10 heavy (non-hydrogen) atoms. The first-order valence-electron chi connectivity index (χ1n) is 4.41. The third kappa shape index (κ3) is 11.8. The zero-order valence-corrected chi connectivity index (χ0v) is 8.95. The van der Waals surface area contributed by atoms with Crippen LogP contribution in [0.1, 0.15) is 48.3 Å². The highest BCUT2D eigenvalue weighted by molar-refractivity contribution is 6.08. The predicted molar refractivity (Wildman–Crippen MR) is 60.9 cm³/mol. The largest absolute Gasteiger partial charge is 0.211 e. The fourth-order valence-corrected chi connectivity index (χ4v) is 1.53. The number of hydrogen-bond donors (Lipinski definition) is 0. The average Bonchev–Trinajstić information content (AvgIpc) is 1.89. The summed E-state index contributed by atoms with van der Waals surface area (Å²) in [5.41, 5.74) is 0. The normalized spacial score (nSPS) is 8.90. The van der Waals surface area contributed by atoms with Gasteiger partial charge in [0.15, 0.2) is 17.4 Å². The molecule has 0 aromatic heterocycles. The fraction of sp³-hybridized carbons (Fsp3) is 1.00. The van der Waals surface area contributed by atoms with Crippen molar-refractivity contribution in [3.8, 4) is 0 Å². The number of hydrogen-bond acceptors (Lipinski definition) is 0. The predicted octanol–water partition coefficient (Wildman–Crippen LogP) is 1.71. The minimum absolute atomic E-state index is 0. The molecule has 0 bridgehead atoms. The van der Waals surface area contributed by atoms with Crippen LogP contribution >= 0.6 is 0 Å². The molecule has 0 aromatic carbocycles. The molecule has 0 radical (unpaired) electrons. The van der Waals surface area contributed by atoms with E-state index in [1.165, 1.54) is 60.1 Å². The van der Waals surface area contributed by atoms with Crippen molar-refractivity contribution in [2.75, 3.05) is 0 Å². The van der Waals surface area contributed by atoms with Gasteiger partial charge in [-0.15, -0.1) is 5.28 Å². The quantitative estimate of drug-likeness (QED) is 0.427. The van der Waals surface area contributed by atoms with Gasteiger partial charge in [-0.1, -0.05) is 45.4 Å². The summed E-state index contributed by atoms with van der Waals surface area (Å²) in [4.78, 5) is 0. The Morgan fingerprint density at radius 1 is 1.00 bits per heavy atom. The van der Waals surface area contributed by atoms with Crippen molar-refractivity contribution in [3.05, 3.63) is 0 Å². The van der Waals surface area contributed by atoms with Crippen LogP contribution in [0.15, 0.2) is 0 Å². The maximum Gasteiger partial charge on any atom is 0.211 e. The van der Waals surface area contributed by atoms with Crippen LogP contribution in [0.2, 0.25) is 5.28 Å². The number of rotatable bonds is 6. The van der Waals surface area contributed by atoms with Crippen molar-refractivity contribution in [2.45, 2.75) is 50.7 Å². The van der Waals surface area contributed by atoms with Gasteiger partial charge in [-0.05, 0) is 0 Å². The first-order valence-corrected chi connectivity index (χ1v) is 5.83. The van der Waals surface area contributed by atoms with Gasteiger partial charge >= 0.3 is 0 Å². The van der Waals surface area contributed by atoms with E-state index < -0.39 is 0 Å². The molecule has 0 heterocycles. The molecule has 0 rings (SSSR count). The summed E-state index contributed by atoms with van der Waals surface area (Å²) in [6, 6.07) is 0. The molecule has 0 nitrogen and oxygen atoms in total. The van der Waals surface area contributed by atoms with Crippen LogP contribution in [0, 0.1) is 0 Å². The van der Waals surface area contributed by atoms with E-state index in [0.29, 0.717) is 0 Å². The van der Waals surface area contributed by atoms with Crippen molar-refractivity contribution in [3.63, 3.8) is 0 Å². The summed E-state index contributed by atoms with van der Waals surface area (Å²) in [6.45, 7) is 2.27. The monoisotopic (exact) mass is 176 g/mol. The second-order valence-electron chi connectivity index (χ2n) is 2.77. The van der Waals surface area contributed by atoms with Gasteiger partial charge < -0.3 is 0 Å². The van der Waals surface area contributed by atoms with E-state index in [9.17, 15) is 0 Å². The summed E-state index contributed by atoms with van der Waals surface area (Å²) >= 11 is 1.41. The van der Waals surface area contributed by atoms with E-state index in [-0.39, 0.29) is 20.2 Å². The second kappa shape index (κ2) is 12.7. The zero-order chi connectivity index (χ0) is 6.95. The maximum atomic E-state index is 2.27. The Kier molecular flexibility index (Phi) is 17.3. The van der Waals surface area contributed by atoms with E-state index >= 15 is 0 Å². The van der Waals surface area contributed by atoms with Crippen molar-refractivity contribution >= 4 is 33.7 Å². The molecule has 64 valence electrons. The molecule has 0 saturated carbocycles. The Bertz CT molecular complexity index is 48.3. The molecule has 0 atom stereocenters. The van der Waals surface area contributed by atoms with Gasteiger partial charge in [0, 0.05) is 2.85 Å². The van der Waals surface area contributed by atoms with Crippen molar-refractivity contribution in [2.24, 2.45) is 0 Å². The molecule has 0 unspecified atom stereocenters. The van der Waals surface area contributed by atoms with Crippen LogP contribution in [0.5, 0.6) is 0 Å². The average molecular weight is 176 g/mol. The Morgan fingerprint density at radius 3 is 2.00 bits per heavy atom. The first kappa shape index (κ1) is 13.6. The first-order chi connectivity index (χ1) is 4.41. The van der Waals surface area contributed by atoms with Crippen molar-refractivity contribution in [1.82, 2.24) is 0 Å². The lowest BCUT2D eigenvalue weighted by molar-refractivity contribution is 0.624. The van der Waals surface area contributed by atoms with Crippen LogP contribution in [-0.4, -0.2) is 33.7 Å². The standard InChI is InChI=1S/C8H17.2Al.2H2.5H/c1-3-5-7-8-6-4-2;;;;;;;;;/h1,3-8H2,2H3;;;2*1H;;;;;. The van der Waals surface area contributed by atoms with Gasteiger partial charge in [-0.3, -0.25) is 0 Å². The molecule has 0 amide bonds. The van der Waals surface area contributed by atoms with E-state index in [4.69, 9.17) is 0 Å². The zero-order valence-electron chi connectivity index (χ0n) is 6.95. The molecule has 0 N–H and O–H groups in total. The smallest absolute Gasteiger partial charge is 0.101 e. The Balaban J connectivity index is -0.000000107. The van der Waals surface area contributed by atoms with Gasteiger partial charge in [0.2, 0.25) is 16.3 Å². The van der Waals surface area contributed by atoms with E-state index in [1.54, 1.807) is 0 Å². The fourth-order valence-electron chi connectivity index (χ4n) is 1.03. The SMILES string of the molecule is CCCCCCC[CH2][AlH2].[AlH3].[HH].[HH]. The van der Waals surface area contributed by atoms with Crippen LogP contribution in [0.3, 0.4) is 0 Å². The summed E-state index contributed by atoms with van der Waals surface area (Å²) < 4.78 is 0. The van der Waals surface area contributed by atoms with Crippen LogP contribution in [0.25, 0.3) is 0 Å². The molecule has 0 saturated heterocycles. The lowest BCUT2D eigenvalue weighted by Gasteiger charge is -1.96. The van der Waals surface area contributed by atoms with Crippen molar-refractivity contribution in [1.29, 1.82) is 0 Å². The van der Waals surface area contributed by atoms with Crippen molar-refractivity contribution < 1.29 is 2.85 Å². The maximum absolute atomic E-state index is 2.27. The number of unbranched alkanes of at least 4 members (excludes halogenated alkanes) is 5. The Morgan fingerprint density at radius 2 is 1.50 bits per heavy atom. The summed E-state index contributed by atoms with van der Waals surface area (Å²) in [5.74, 6) is 0. The van der Waals surface area contributed by atoms with E-state index in [2.05, 4.69) is 6.92 Å². The molecular formula is C8H26Al2. The van der Waals surface area contributed by atoms with Gasteiger partial charge in [0.1, 0.15) is 0 Å². The lowest BCUT2D eigenvalue weighted by atomic mass is 10.1. The molecule has 0 aliphatic carbocycles. The third-order valence-corrected chi connectivity index (χ3v) is 2.41. The van der Waals surface area contributed by atoms with Gasteiger partial charge in [0.05, 0.1) is 0 Å². The minimum atomic E-state index is 0. The Labute approximate surface area is 87.3 Å². The van der Waals surface area contributed by atoms with E-state index in [1.807, 2.05) is 0 Å².